The molecular formula is C53H43F18OPS2. The number of alkyl halides is 15. The van der Waals surface area contributed by atoms with Crippen molar-refractivity contribution in [3.63, 3.8) is 0 Å². The number of rotatable bonds is 12. The van der Waals surface area contributed by atoms with Gasteiger partial charge < -0.3 is 4.70 Å². The van der Waals surface area contributed by atoms with Crippen LogP contribution in [-0.2, 0) is 21.7 Å². The molecule has 0 N–H and O–H groups in total. The topological polar surface area (TPSA) is 17.1 Å². The molecule has 0 heterocycles. The smallest absolute Gasteiger partial charge is 1.00 e. The Morgan fingerprint density at radius 1 is 0.480 bits per heavy atom. The number of carbonyl (C=O) groups excluding carboxylic acids is 1. The summed E-state index contributed by atoms with van der Waals surface area (Å²) in [6.07, 6.45) is -22.3. The van der Waals surface area contributed by atoms with E-state index in [1.165, 1.54) is 69.0 Å². The van der Waals surface area contributed by atoms with Gasteiger partial charge in [-0.1, -0.05) is 113 Å². The van der Waals surface area contributed by atoms with Crippen molar-refractivity contribution in [2.24, 2.45) is 0 Å². The molecule has 0 aromatic heterocycles. The molecule has 2 aliphatic rings. The number of Topliss-reactive ketones (excluding diaryl/α,β-unsaturated/α-hetero) is 1. The van der Waals surface area contributed by atoms with Crippen molar-refractivity contribution in [3.05, 3.63) is 161 Å². The Morgan fingerprint density at radius 2 is 0.880 bits per heavy atom. The molecule has 22 heteroatoms. The van der Waals surface area contributed by atoms with Gasteiger partial charge in [-0.05, 0) is 124 Å². The van der Waals surface area contributed by atoms with Crippen molar-refractivity contribution in [3.8, 4) is 22.3 Å². The largest absolute Gasteiger partial charge is 1.00 e. The van der Waals surface area contributed by atoms with Gasteiger partial charge in [0.25, 0.3) is 0 Å². The second kappa shape index (κ2) is 19.7. The van der Waals surface area contributed by atoms with Gasteiger partial charge in [0.2, 0.25) is 0 Å². The molecular weight excluding hydrogens is 1090 g/mol. The minimum atomic E-state index is -12.7. The summed E-state index contributed by atoms with van der Waals surface area (Å²) in [4.78, 5) is 19.4. The maximum absolute atomic E-state index is 13.4. The number of halogens is 18. The molecule has 0 radical (unpaired) electrons. The summed E-state index contributed by atoms with van der Waals surface area (Å²) >= 11 is 1.82. The minimum absolute atomic E-state index is 0. The Hall–Kier alpha value is -5.14. The number of fused-ring (bicyclic) bond motifs is 6. The van der Waals surface area contributed by atoms with Crippen LogP contribution in [0.1, 0.15) is 86.5 Å². The van der Waals surface area contributed by atoms with Gasteiger partial charge in [0.15, 0.2) is 20.5 Å². The van der Waals surface area contributed by atoms with E-state index in [0.29, 0.717) is 6.42 Å². The minimum Gasteiger partial charge on any atom is -1.00 e. The molecule has 0 saturated carbocycles. The van der Waals surface area contributed by atoms with Crippen LogP contribution in [0.4, 0.5) is 74.3 Å². The Kier molecular flexibility index (Phi) is 15.5. The van der Waals surface area contributed by atoms with E-state index < -0.39 is 42.7 Å². The number of hydrogen-bond donors (Lipinski definition) is 0. The van der Waals surface area contributed by atoms with E-state index in [1.54, 1.807) is 0 Å². The second-order valence-corrected chi connectivity index (χ2v) is 25.4. The summed E-state index contributed by atoms with van der Waals surface area (Å²) in [5.74, 6) is 0.252. The van der Waals surface area contributed by atoms with Gasteiger partial charge in [0.1, 0.15) is 0 Å². The predicted octanol–water partition coefficient (Wildman–Crippen LogP) is 16.7. The molecule has 0 amide bonds. The number of unbranched alkanes of at least 4 members (excludes halogenated alkanes) is 1. The van der Waals surface area contributed by atoms with Gasteiger partial charge in [-0.25, -0.2) is 0 Å². The summed E-state index contributed by atoms with van der Waals surface area (Å²) < 4.78 is 209. The predicted molar refractivity (Wildman–Crippen MR) is 253 cm³/mol. The third-order valence-corrected chi connectivity index (χ3v) is 20.2. The van der Waals surface area contributed by atoms with Crippen LogP contribution in [0.3, 0.4) is 0 Å². The first kappa shape index (κ1) is 59.1. The fraction of sp³-hybridized carbons (Fsp3) is 0.302. The number of carbonyl (C=O) groups is 1. The molecule has 0 aliphatic heterocycles. The quantitative estimate of drug-likeness (QED) is 0.0526. The van der Waals surface area contributed by atoms with Gasteiger partial charge in [-0.15, -0.1) is 0 Å². The Balaban J connectivity index is 0.000000312. The normalized spacial score (nSPS) is 15.9. The van der Waals surface area contributed by atoms with Gasteiger partial charge in [-0.2, -0.15) is 0 Å². The molecule has 404 valence electrons. The molecule has 8 rings (SSSR count). The van der Waals surface area contributed by atoms with E-state index in [0.717, 1.165) is 18.4 Å². The molecule has 0 saturated heterocycles. The van der Waals surface area contributed by atoms with Crippen molar-refractivity contribution in [1.82, 2.24) is 0 Å². The summed E-state index contributed by atoms with van der Waals surface area (Å²) in [6, 6.07) is 49.5. The first-order valence-electron chi connectivity index (χ1n) is 22.4. The molecule has 1 atom stereocenters. The molecule has 75 heavy (non-hydrogen) atoms. The summed E-state index contributed by atoms with van der Waals surface area (Å²) in [5, 5.41) is 0. The second-order valence-electron chi connectivity index (χ2n) is 18.7. The average Bonchev–Trinajstić information content (AvgIpc) is 3.69. The zero-order valence-corrected chi connectivity index (χ0v) is 42.3. The van der Waals surface area contributed by atoms with Crippen LogP contribution in [0.15, 0.2) is 158 Å². The van der Waals surface area contributed by atoms with Crippen molar-refractivity contribution in [1.29, 1.82) is 0 Å². The average molecular weight is 1130 g/mol. The molecule has 1 nitrogen and oxygen atoms in total. The fourth-order valence-corrected chi connectivity index (χ4v) is 14.5. The maximum Gasteiger partial charge on any atom is -1.00 e. The van der Waals surface area contributed by atoms with E-state index in [1.807, 2.05) is 17.8 Å². The van der Waals surface area contributed by atoms with Crippen LogP contribution in [-0.4, -0.2) is 41.3 Å². The van der Waals surface area contributed by atoms with Crippen LogP contribution in [0, 0.1) is 0 Å². The summed E-state index contributed by atoms with van der Waals surface area (Å²) in [7, 11) is -13.0. The van der Waals surface area contributed by atoms with Crippen molar-refractivity contribution < 1.29 is 83.7 Å². The number of ketones is 1. The monoisotopic (exact) mass is 1130 g/mol. The van der Waals surface area contributed by atoms with Crippen LogP contribution in [0.25, 0.3) is 22.3 Å². The molecule has 6 aromatic rings. The van der Waals surface area contributed by atoms with Crippen molar-refractivity contribution in [2.75, 3.05) is 0 Å². The van der Waals surface area contributed by atoms with Crippen LogP contribution < -0.4 is 4.70 Å². The number of benzene rings is 6. The molecule has 6 aromatic carbocycles. The molecule has 0 fully saturated rings. The van der Waals surface area contributed by atoms with Crippen molar-refractivity contribution in [2.45, 2.75) is 125 Å². The van der Waals surface area contributed by atoms with E-state index in [-0.39, 0.29) is 32.2 Å². The van der Waals surface area contributed by atoms with Crippen LogP contribution in [0.5, 0.6) is 0 Å². The van der Waals surface area contributed by atoms with E-state index in [2.05, 4.69) is 162 Å². The van der Waals surface area contributed by atoms with Gasteiger partial charge >= 0.3 is 117 Å². The first-order valence-corrected chi connectivity index (χ1v) is 26.5. The number of hydrogen-bond acceptors (Lipinski definition) is 2. The van der Waals surface area contributed by atoms with Crippen LogP contribution >= 0.6 is 19.0 Å². The maximum atomic E-state index is 13.4. The first-order chi connectivity index (χ1) is 34.0. The Morgan fingerprint density at radius 3 is 1.40 bits per heavy atom. The van der Waals surface area contributed by atoms with Crippen LogP contribution in [0.2, 0.25) is 0 Å². The fourth-order valence-electron chi connectivity index (χ4n) is 9.19. The van der Waals surface area contributed by atoms with Gasteiger partial charge in [0.05, 0.1) is 10.9 Å². The Labute approximate surface area is 426 Å². The molecule has 0 bridgehead atoms. The van der Waals surface area contributed by atoms with Gasteiger partial charge in [0, 0.05) is 32.6 Å². The third-order valence-electron chi connectivity index (χ3n) is 13.3. The molecule has 1 unspecified atom stereocenters. The van der Waals surface area contributed by atoms with Crippen molar-refractivity contribution >= 4 is 35.7 Å². The van der Waals surface area contributed by atoms with Gasteiger partial charge in [-0.3, -0.25) is 4.79 Å². The van der Waals surface area contributed by atoms with E-state index in [9.17, 15) is 79.0 Å². The summed E-state index contributed by atoms with van der Waals surface area (Å²) in [5.41, 5.74) is -15.8. The standard InChI is InChI=1S/C47H43OS2.C6F17P.FH/c1-6-7-17-45(48)31-18-25-38-39-26-21-33(29-43(39)47(4,5)42(38)28-31)49-32-19-22-35(23-20-32)50(34-13-9-8-10-14-34)36-24-27-40-37-15-11-12-16-41(37)46(2,3)44(40)30-36;7-1(8,9)4(16,17)24(22,23,5(18,19)2(10,11)12)6(20,21)3(13,14)15;/h8-16,18-30H,6-7,17H2,1-5H3;;1H/q+1;;/p-1. The zero-order chi connectivity index (χ0) is 55.1. The summed E-state index contributed by atoms with van der Waals surface area (Å²) in [6.45, 7) is 11.4. The molecule has 2 aliphatic carbocycles. The molecule has 0 spiro atoms. The third kappa shape index (κ3) is 9.31. The zero-order valence-electron chi connectivity index (χ0n) is 39.8. The van der Waals surface area contributed by atoms with E-state index in [4.69, 9.17) is 0 Å². The Bertz CT molecular complexity index is 3020. The SMILES string of the molecule is CCCCC(=O)c1ccc2c(c1)C(C)(C)c1cc(Sc3ccc([S+](c4ccccc4)c4ccc5c(c4)C(C)(C)c4ccccc4-5)cc3)ccc1-2.FC(F)(F)C(F)(F)P(F)(F)(C(F)(F)C(F)(F)F)C(F)(F)C(F)(F)F.[F-]. The van der Waals surface area contributed by atoms with E-state index >= 15 is 0 Å².